The lowest BCUT2D eigenvalue weighted by molar-refractivity contribution is -0.139. The van der Waals surface area contributed by atoms with E-state index in [-0.39, 0.29) is 13.0 Å². The molecule has 0 aromatic carbocycles. The van der Waals surface area contributed by atoms with Crippen LogP contribution in [0.15, 0.2) is 0 Å². The van der Waals surface area contributed by atoms with E-state index in [1.54, 1.807) is 6.92 Å². The number of carboxylic acid groups (broad SMARTS) is 1. The van der Waals surface area contributed by atoms with Crippen LogP contribution in [-0.4, -0.2) is 41.4 Å². The van der Waals surface area contributed by atoms with Gasteiger partial charge in [0.15, 0.2) is 0 Å². The summed E-state index contributed by atoms with van der Waals surface area (Å²) in [6.45, 7) is 1.88. The molecule has 0 saturated carbocycles. The second-order valence-corrected chi connectivity index (χ2v) is 2.41. The number of urea groups is 1. The number of carbonyl (C=O) groups is 2. The molecule has 0 rings (SSSR count). The summed E-state index contributed by atoms with van der Waals surface area (Å²) in [5, 5.41) is 21.7. The number of aliphatic carboxylic acids is 1. The van der Waals surface area contributed by atoms with Crippen molar-refractivity contribution in [2.24, 2.45) is 0 Å². The Morgan fingerprint density at radius 1 is 1.46 bits per heavy atom. The van der Waals surface area contributed by atoms with Crippen LogP contribution >= 0.6 is 0 Å². The maximum atomic E-state index is 10.9. The molecule has 0 spiro atoms. The number of amides is 2. The molecule has 0 heterocycles. The van der Waals surface area contributed by atoms with Gasteiger partial charge in [0, 0.05) is 19.6 Å². The fraction of sp³-hybridized carbons (Fsp3) is 0.714. The highest BCUT2D eigenvalue weighted by Crippen LogP contribution is 1.90. The highest BCUT2D eigenvalue weighted by atomic mass is 16.4. The molecule has 0 aliphatic carbocycles. The third-order valence-corrected chi connectivity index (χ3v) is 1.36. The average molecular weight is 190 g/mol. The standard InChI is InChI=1S/C7H14N2O4/c1-2-8-7(13)9-5(3-4-10)6(11)12/h5,10H,2-4H2,1H3,(H,11,12)(H2,8,9,13). The van der Waals surface area contributed by atoms with Crippen LogP contribution in [0.4, 0.5) is 4.79 Å². The van der Waals surface area contributed by atoms with Crippen LogP contribution in [0, 0.1) is 0 Å². The van der Waals surface area contributed by atoms with Crippen molar-refractivity contribution < 1.29 is 19.8 Å². The lowest BCUT2D eigenvalue weighted by Gasteiger charge is -2.12. The van der Waals surface area contributed by atoms with Crippen molar-refractivity contribution in [3.05, 3.63) is 0 Å². The van der Waals surface area contributed by atoms with Crippen LogP contribution in [0.1, 0.15) is 13.3 Å². The molecule has 76 valence electrons. The molecule has 0 aliphatic rings. The molecule has 1 atom stereocenters. The summed E-state index contributed by atoms with van der Waals surface area (Å²) < 4.78 is 0. The third-order valence-electron chi connectivity index (χ3n) is 1.36. The van der Waals surface area contributed by atoms with E-state index in [1.165, 1.54) is 0 Å². The minimum atomic E-state index is -1.15. The first kappa shape index (κ1) is 11.7. The predicted molar refractivity (Wildman–Crippen MR) is 45.3 cm³/mol. The van der Waals surface area contributed by atoms with Crippen molar-refractivity contribution in [3.63, 3.8) is 0 Å². The quantitative estimate of drug-likeness (QED) is 0.453. The molecule has 0 radical (unpaired) electrons. The maximum Gasteiger partial charge on any atom is 0.326 e. The van der Waals surface area contributed by atoms with Gasteiger partial charge in [-0.15, -0.1) is 0 Å². The van der Waals surface area contributed by atoms with Crippen molar-refractivity contribution >= 4 is 12.0 Å². The summed E-state index contributed by atoms with van der Waals surface area (Å²) in [5.74, 6) is -1.15. The van der Waals surface area contributed by atoms with Gasteiger partial charge < -0.3 is 20.8 Å². The Morgan fingerprint density at radius 3 is 2.46 bits per heavy atom. The first-order valence-electron chi connectivity index (χ1n) is 3.99. The minimum absolute atomic E-state index is 0.00642. The molecule has 6 nitrogen and oxygen atoms in total. The maximum absolute atomic E-state index is 10.9. The zero-order valence-electron chi connectivity index (χ0n) is 7.41. The first-order chi connectivity index (χ1) is 6.11. The number of aliphatic hydroxyl groups excluding tert-OH is 1. The minimum Gasteiger partial charge on any atom is -0.480 e. The summed E-state index contributed by atoms with van der Waals surface area (Å²) in [6, 6.07) is -1.57. The molecule has 6 heteroatoms. The lowest BCUT2D eigenvalue weighted by Crippen LogP contribution is -2.46. The van der Waals surface area contributed by atoms with E-state index in [9.17, 15) is 9.59 Å². The monoisotopic (exact) mass is 190 g/mol. The molecule has 0 bridgehead atoms. The number of nitrogens with one attached hydrogen (secondary N) is 2. The van der Waals surface area contributed by atoms with Gasteiger partial charge in [-0.05, 0) is 6.92 Å². The number of hydrogen-bond acceptors (Lipinski definition) is 3. The number of carboxylic acids is 1. The van der Waals surface area contributed by atoms with Crippen LogP contribution in [0.25, 0.3) is 0 Å². The molecule has 0 aromatic heterocycles. The van der Waals surface area contributed by atoms with Gasteiger partial charge in [-0.2, -0.15) is 0 Å². The van der Waals surface area contributed by atoms with E-state index in [1.807, 2.05) is 0 Å². The second kappa shape index (κ2) is 6.24. The predicted octanol–water partition coefficient (Wildman–Crippen LogP) is -0.859. The van der Waals surface area contributed by atoms with E-state index < -0.39 is 18.0 Å². The Bertz CT molecular complexity index is 183. The summed E-state index contributed by atoms with van der Waals surface area (Å²) in [7, 11) is 0. The SMILES string of the molecule is CCNC(=O)NC(CCO)C(=O)O. The van der Waals surface area contributed by atoms with Crippen LogP contribution in [0.2, 0.25) is 0 Å². The van der Waals surface area contributed by atoms with Crippen molar-refractivity contribution in [2.45, 2.75) is 19.4 Å². The highest BCUT2D eigenvalue weighted by molar-refractivity contribution is 5.82. The van der Waals surface area contributed by atoms with Gasteiger partial charge in [0.1, 0.15) is 6.04 Å². The number of carbonyl (C=O) groups excluding carboxylic acids is 1. The summed E-state index contributed by atoms with van der Waals surface area (Å²) in [5.41, 5.74) is 0. The van der Waals surface area contributed by atoms with E-state index in [0.717, 1.165) is 0 Å². The molecular weight excluding hydrogens is 176 g/mol. The second-order valence-electron chi connectivity index (χ2n) is 2.41. The van der Waals surface area contributed by atoms with Crippen molar-refractivity contribution in [3.8, 4) is 0 Å². The lowest BCUT2D eigenvalue weighted by atomic mass is 10.2. The Hall–Kier alpha value is -1.30. The van der Waals surface area contributed by atoms with Crippen molar-refractivity contribution in [1.82, 2.24) is 10.6 Å². The van der Waals surface area contributed by atoms with Gasteiger partial charge in [-0.3, -0.25) is 0 Å². The Balaban J connectivity index is 3.94. The third kappa shape index (κ3) is 5.02. The van der Waals surface area contributed by atoms with Crippen LogP contribution in [0.3, 0.4) is 0 Å². The van der Waals surface area contributed by atoms with Gasteiger partial charge >= 0.3 is 12.0 Å². The largest absolute Gasteiger partial charge is 0.480 e. The highest BCUT2D eigenvalue weighted by Gasteiger charge is 2.18. The van der Waals surface area contributed by atoms with Crippen LogP contribution in [-0.2, 0) is 4.79 Å². The van der Waals surface area contributed by atoms with E-state index in [2.05, 4.69) is 10.6 Å². The van der Waals surface area contributed by atoms with E-state index in [0.29, 0.717) is 6.54 Å². The molecule has 4 N–H and O–H groups in total. The average Bonchev–Trinajstić information content (AvgIpc) is 2.04. The van der Waals surface area contributed by atoms with Gasteiger partial charge in [0.2, 0.25) is 0 Å². The topological polar surface area (TPSA) is 98.7 Å². The van der Waals surface area contributed by atoms with E-state index in [4.69, 9.17) is 10.2 Å². The Morgan fingerprint density at radius 2 is 2.08 bits per heavy atom. The van der Waals surface area contributed by atoms with Crippen LogP contribution < -0.4 is 10.6 Å². The molecule has 0 fully saturated rings. The Labute approximate surface area is 75.9 Å². The molecule has 1 unspecified atom stereocenters. The smallest absolute Gasteiger partial charge is 0.326 e. The van der Waals surface area contributed by atoms with Crippen molar-refractivity contribution in [2.75, 3.05) is 13.2 Å². The summed E-state index contributed by atoms with van der Waals surface area (Å²) >= 11 is 0. The normalized spacial score (nSPS) is 11.8. The fourth-order valence-electron chi connectivity index (χ4n) is 0.756. The van der Waals surface area contributed by atoms with Gasteiger partial charge in [-0.1, -0.05) is 0 Å². The zero-order valence-corrected chi connectivity index (χ0v) is 7.41. The summed E-state index contributed by atoms with van der Waals surface area (Å²) in [4.78, 5) is 21.3. The molecular formula is C7H14N2O4. The van der Waals surface area contributed by atoms with Crippen LogP contribution in [0.5, 0.6) is 0 Å². The molecule has 0 saturated heterocycles. The number of aliphatic hydroxyl groups is 1. The van der Waals surface area contributed by atoms with Gasteiger partial charge in [0.25, 0.3) is 0 Å². The summed E-state index contributed by atoms with van der Waals surface area (Å²) in [6.07, 6.45) is 0.00642. The molecule has 13 heavy (non-hydrogen) atoms. The molecule has 0 aromatic rings. The molecule has 0 aliphatic heterocycles. The number of rotatable bonds is 5. The van der Waals surface area contributed by atoms with Crippen molar-refractivity contribution in [1.29, 1.82) is 0 Å². The van der Waals surface area contributed by atoms with Gasteiger partial charge in [0.05, 0.1) is 0 Å². The van der Waals surface area contributed by atoms with Gasteiger partial charge in [-0.25, -0.2) is 9.59 Å². The molecule has 2 amide bonds. The Kier molecular flexibility index (Phi) is 5.62. The van der Waals surface area contributed by atoms with E-state index >= 15 is 0 Å². The zero-order chi connectivity index (χ0) is 10.3. The number of hydrogen-bond donors (Lipinski definition) is 4. The first-order valence-corrected chi connectivity index (χ1v) is 3.99. The fourth-order valence-corrected chi connectivity index (χ4v) is 0.756.